The first-order valence-corrected chi connectivity index (χ1v) is 8.63. The quantitative estimate of drug-likeness (QED) is 0.552. The van der Waals surface area contributed by atoms with Crippen LogP contribution in [-0.2, 0) is 11.0 Å². The normalized spacial score (nSPS) is 13.6. The monoisotopic (exact) mass is 416 g/mol. The molecule has 2 rings (SSSR count). The molecule has 0 heterocycles. The van der Waals surface area contributed by atoms with Crippen LogP contribution in [0, 0.1) is 10.1 Å². The van der Waals surface area contributed by atoms with Gasteiger partial charge in [0.05, 0.1) is 16.2 Å². The van der Waals surface area contributed by atoms with Crippen LogP contribution >= 0.6 is 11.6 Å². The fourth-order valence-electron chi connectivity index (χ4n) is 2.66. The number of anilines is 1. The summed E-state index contributed by atoms with van der Waals surface area (Å²) in [5, 5.41) is 15.2. The highest BCUT2D eigenvalue weighted by Crippen LogP contribution is 2.37. The molecule has 0 aliphatic carbocycles. The molecule has 0 spiro atoms. The molecule has 0 fully saturated rings. The number of rotatable bonds is 6. The predicted octanol–water partition coefficient (Wildman–Crippen LogP) is 3.92. The lowest BCUT2D eigenvalue weighted by atomic mass is 10.1. The summed E-state index contributed by atoms with van der Waals surface area (Å²) >= 11 is 5.94. The molecule has 0 saturated heterocycles. The number of nitrogens with zero attached hydrogens (tertiary/aromatic N) is 1. The van der Waals surface area contributed by atoms with Crippen LogP contribution in [0.3, 0.4) is 0 Å². The third-order valence-electron chi connectivity index (χ3n) is 4.14. The summed E-state index contributed by atoms with van der Waals surface area (Å²) in [7, 11) is 0. The Hall–Kier alpha value is -2.65. The van der Waals surface area contributed by atoms with Crippen molar-refractivity contribution in [2.45, 2.75) is 32.1 Å². The van der Waals surface area contributed by atoms with Crippen molar-refractivity contribution in [3.8, 4) is 0 Å². The van der Waals surface area contributed by atoms with Crippen LogP contribution < -0.4 is 10.6 Å². The first kappa shape index (κ1) is 21.6. The van der Waals surface area contributed by atoms with E-state index in [0.717, 1.165) is 17.7 Å². The maximum absolute atomic E-state index is 13.2. The van der Waals surface area contributed by atoms with Gasteiger partial charge in [-0.05, 0) is 32.0 Å². The van der Waals surface area contributed by atoms with E-state index in [1.807, 2.05) is 13.0 Å². The molecule has 0 aromatic heterocycles. The maximum atomic E-state index is 13.2. The summed E-state index contributed by atoms with van der Waals surface area (Å²) in [6, 6.07) is 8.35. The van der Waals surface area contributed by atoms with Gasteiger partial charge in [-0.2, -0.15) is 13.2 Å². The van der Waals surface area contributed by atoms with Gasteiger partial charge < -0.3 is 10.6 Å². The molecule has 6 nitrogen and oxygen atoms in total. The Morgan fingerprint density at radius 1 is 1.21 bits per heavy atom. The number of hydrogen-bond donors (Lipinski definition) is 2. The molecule has 2 aromatic carbocycles. The molecule has 0 bridgehead atoms. The standard InChI is InChI=1S/C18H17ClF3N3O3/c1-10(12-4-3-5-13(19)8-12)23-11(2)17(26)24-16-7-6-14(25(27)28)9-15(16)18(20,21)22/h3-11,23H,1-2H3,(H,24,26)/p+1/t10-,11+/m0/s1. The minimum Gasteiger partial charge on any atom is -0.330 e. The van der Waals surface area contributed by atoms with E-state index in [1.165, 1.54) is 0 Å². The molecule has 3 N–H and O–H groups in total. The SMILES string of the molecule is C[C@H]([NH2+][C@H](C)C(=O)Nc1ccc([N+](=O)[O-])cc1C(F)(F)F)c1cccc(Cl)c1. The zero-order chi connectivity index (χ0) is 21.1. The summed E-state index contributed by atoms with van der Waals surface area (Å²) < 4.78 is 39.7. The van der Waals surface area contributed by atoms with Crippen molar-refractivity contribution in [2.75, 3.05) is 5.32 Å². The van der Waals surface area contributed by atoms with Gasteiger partial charge in [0.2, 0.25) is 0 Å². The van der Waals surface area contributed by atoms with E-state index in [1.54, 1.807) is 30.4 Å². The molecular weight excluding hydrogens is 399 g/mol. The fourth-order valence-corrected chi connectivity index (χ4v) is 2.86. The van der Waals surface area contributed by atoms with E-state index in [2.05, 4.69) is 5.32 Å². The second-order valence-electron chi connectivity index (χ2n) is 6.30. The molecule has 28 heavy (non-hydrogen) atoms. The highest BCUT2D eigenvalue weighted by atomic mass is 35.5. The van der Waals surface area contributed by atoms with Crippen LogP contribution in [0.15, 0.2) is 42.5 Å². The van der Waals surface area contributed by atoms with Crippen molar-refractivity contribution in [2.24, 2.45) is 0 Å². The molecule has 0 aliphatic rings. The number of quaternary nitrogens is 1. The first-order chi connectivity index (χ1) is 13.0. The predicted molar refractivity (Wildman–Crippen MR) is 98.0 cm³/mol. The topological polar surface area (TPSA) is 88.8 Å². The minimum absolute atomic E-state index is 0.168. The lowest BCUT2D eigenvalue weighted by Crippen LogP contribution is -2.91. The van der Waals surface area contributed by atoms with E-state index >= 15 is 0 Å². The number of hydrogen-bond acceptors (Lipinski definition) is 3. The van der Waals surface area contributed by atoms with Crippen LogP contribution in [0.25, 0.3) is 0 Å². The van der Waals surface area contributed by atoms with Gasteiger partial charge in [0, 0.05) is 22.7 Å². The van der Waals surface area contributed by atoms with Gasteiger partial charge in [0.15, 0.2) is 6.04 Å². The highest BCUT2D eigenvalue weighted by molar-refractivity contribution is 6.30. The van der Waals surface area contributed by atoms with Gasteiger partial charge in [-0.3, -0.25) is 14.9 Å². The number of alkyl halides is 3. The molecule has 150 valence electrons. The summed E-state index contributed by atoms with van der Waals surface area (Å²) in [4.78, 5) is 22.2. The maximum Gasteiger partial charge on any atom is 0.418 e. The largest absolute Gasteiger partial charge is 0.418 e. The van der Waals surface area contributed by atoms with Crippen LogP contribution in [0.5, 0.6) is 0 Å². The summed E-state index contributed by atoms with van der Waals surface area (Å²) in [5.74, 6) is -0.659. The molecule has 0 radical (unpaired) electrons. The van der Waals surface area contributed by atoms with Gasteiger partial charge >= 0.3 is 6.18 Å². The molecular formula is C18H18ClF3N3O3+. The van der Waals surface area contributed by atoms with Crippen LogP contribution in [0.4, 0.5) is 24.5 Å². The Bertz CT molecular complexity index is 890. The number of nitro groups is 1. The van der Waals surface area contributed by atoms with Gasteiger partial charge in [-0.15, -0.1) is 0 Å². The third kappa shape index (κ3) is 5.43. The third-order valence-corrected chi connectivity index (χ3v) is 4.38. The number of carbonyl (C=O) groups excluding carboxylic acids is 1. The van der Waals surface area contributed by atoms with Gasteiger partial charge in [-0.25, -0.2) is 0 Å². The Balaban J connectivity index is 2.16. The van der Waals surface area contributed by atoms with E-state index in [4.69, 9.17) is 11.6 Å². The number of carbonyl (C=O) groups is 1. The number of non-ortho nitro benzene ring substituents is 1. The van der Waals surface area contributed by atoms with Crippen molar-refractivity contribution < 1.29 is 28.2 Å². The van der Waals surface area contributed by atoms with Crippen molar-refractivity contribution in [1.82, 2.24) is 0 Å². The van der Waals surface area contributed by atoms with Crippen LogP contribution in [0.2, 0.25) is 5.02 Å². The average molecular weight is 417 g/mol. The van der Waals surface area contributed by atoms with Gasteiger partial charge in [0.25, 0.3) is 11.6 Å². The number of benzene rings is 2. The zero-order valence-electron chi connectivity index (χ0n) is 15.0. The van der Waals surface area contributed by atoms with E-state index in [0.29, 0.717) is 11.1 Å². The molecule has 0 saturated carbocycles. The number of nitro benzene ring substituents is 1. The number of amides is 1. The Kier molecular flexibility index (Phi) is 6.63. The minimum atomic E-state index is -4.85. The van der Waals surface area contributed by atoms with E-state index in [9.17, 15) is 28.1 Å². The summed E-state index contributed by atoms with van der Waals surface area (Å²) in [5.41, 5.74) is -1.65. The average Bonchev–Trinajstić information content (AvgIpc) is 2.60. The van der Waals surface area contributed by atoms with E-state index in [-0.39, 0.29) is 6.04 Å². The fraction of sp³-hybridized carbons (Fsp3) is 0.278. The van der Waals surface area contributed by atoms with Crippen LogP contribution in [0.1, 0.15) is 31.0 Å². The molecule has 1 amide bonds. The molecule has 2 atom stereocenters. The molecule has 2 aromatic rings. The highest BCUT2D eigenvalue weighted by Gasteiger charge is 2.36. The van der Waals surface area contributed by atoms with Crippen molar-refractivity contribution in [1.29, 1.82) is 0 Å². The molecule has 10 heteroatoms. The lowest BCUT2D eigenvalue weighted by Gasteiger charge is -2.18. The molecule has 0 unspecified atom stereocenters. The van der Waals surface area contributed by atoms with Crippen molar-refractivity contribution >= 4 is 28.9 Å². The van der Waals surface area contributed by atoms with Gasteiger partial charge in [-0.1, -0.05) is 23.7 Å². The Morgan fingerprint density at radius 3 is 2.46 bits per heavy atom. The summed E-state index contributed by atoms with van der Waals surface area (Å²) in [6.07, 6.45) is -4.85. The Labute approximate surface area is 163 Å². The van der Waals surface area contributed by atoms with Crippen molar-refractivity contribution in [3.63, 3.8) is 0 Å². The number of nitrogens with two attached hydrogens (primary N) is 1. The second kappa shape index (κ2) is 8.57. The lowest BCUT2D eigenvalue weighted by molar-refractivity contribution is -0.709. The second-order valence-corrected chi connectivity index (χ2v) is 6.74. The van der Waals surface area contributed by atoms with E-state index < -0.39 is 40.0 Å². The smallest absolute Gasteiger partial charge is 0.330 e. The van der Waals surface area contributed by atoms with Crippen molar-refractivity contribution in [3.05, 3.63) is 68.7 Å². The van der Waals surface area contributed by atoms with Gasteiger partial charge in [0.1, 0.15) is 6.04 Å². The number of halogens is 4. The van der Waals surface area contributed by atoms with Crippen LogP contribution in [-0.4, -0.2) is 16.9 Å². The summed E-state index contributed by atoms with van der Waals surface area (Å²) in [6.45, 7) is 3.39. The Morgan fingerprint density at radius 2 is 1.89 bits per heavy atom. The zero-order valence-corrected chi connectivity index (χ0v) is 15.7. The molecule has 0 aliphatic heterocycles. The first-order valence-electron chi connectivity index (χ1n) is 8.26. The number of nitrogens with one attached hydrogen (secondary N) is 1.